The zero-order valence-corrected chi connectivity index (χ0v) is 9.18. The Hall–Kier alpha value is 0.0700. The minimum Gasteiger partial charge on any atom is -0.324 e. The van der Waals surface area contributed by atoms with Crippen molar-refractivity contribution in [2.75, 3.05) is 0 Å². The smallest absolute Gasteiger partial charge is 0.112 e. The number of hydrogen-bond acceptors (Lipinski definition) is 2. The number of aromatic nitrogens is 1. The molecule has 1 aromatic heterocycles. The lowest BCUT2D eigenvalue weighted by atomic mass is 10.2. The fraction of sp³-hybridized carbons (Fsp3) is 0.286. The minimum absolute atomic E-state index is 0.0185. The van der Waals surface area contributed by atoms with Gasteiger partial charge in [0.25, 0.3) is 0 Å². The minimum atomic E-state index is 0.0185. The van der Waals surface area contributed by atoms with E-state index in [9.17, 15) is 0 Å². The van der Waals surface area contributed by atoms with Gasteiger partial charge in [0.05, 0.1) is 0 Å². The van der Waals surface area contributed by atoms with Crippen LogP contribution in [0.5, 0.6) is 0 Å². The van der Waals surface area contributed by atoms with Crippen molar-refractivity contribution in [1.82, 2.24) is 4.98 Å². The predicted octanol–water partition coefficient (Wildman–Crippen LogP) is 2.63. The van der Waals surface area contributed by atoms with Gasteiger partial charge in [-0.05, 0) is 44.8 Å². The van der Waals surface area contributed by atoms with Crippen molar-refractivity contribution in [2.45, 2.75) is 13.0 Å². The Labute approximate surface area is 82.5 Å². The van der Waals surface area contributed by atoms with Crippen molar-refractivity contribution >= 4 is 31.9 Å². The molecule has 2 nitrogen and oxygen atoms in total. The lowest BCUT2D eigenvalue weighted by Gasteiger charge is -2.06. The molecule has 0 radical (unpaired) electrons. The molecule has 0 bridgehead atoms. The van der Waals surface area contributed by atoms with Gasteiger partial charge in [0.15, 0.2) is 0 Å². The number of nitrogens with zero attached hydrogens (tertiary/aromatic N) is 1. The third-order valence-electron chi connectivity index (χ3n) is 1.33. The van der Waals surface area contributed by atoms with Crippen LogP contribution in [0, 0.1) is 0 Å². The molecule has 0 aliphatic heterocycles. The topological polar surface area (TPSA) is 38.9 Å². The van der Waals surface area contributed by atoms with E-state index in [-0.39, 0.29) is 6.04 Å². The second-order valence-electron chi connectivity index (χ2n) is 2.30. The number of pyridine rings is 1. The van der Waals surface area contributed by atoms with Gasteiger partial charge in [0.1, 0.15) is 9.21 Å². The van der Waals surface area contributed by atoms with Gasteiger partial charge in [0.2, 0.25) is 0 Å². The van der Waals surface area contributed by atoms with E-state index in [0.29, 0.717) is 0 Å². The van der Waals surface area contributed by atoms with Gasteiger partial charge in [-0.3, -0.25) is 0 Å². The average Bonchev–Trinajstić information content (AvgIpc) is 1.85. The SMILES string of the molecule is C[C@@H](N)c1ccc(Br)nc1Br. The molecule has 1 rings (SSSR count). The highest BCUT2D eigenvalue weighted by Crippen LogP contribution is 2.21. The van der Waals surface area contributed by atoms with E-state index in [4.69, 9.17) is 5.73 Å². The maximum absolute atomic E-state index is 5.68. The van der Waals surface area contributed by atoms with Gasteiger partial charge in [-0.1, -0.05) is 6.07 Å². The van der Waals surface area contributed by atoms with E-state index >= 15 is 0 Å². The van der Waals surface area contributed by atoms with E-state index in [0.717, 1.165) is 14.8 Å². The number of halogens is 2. The molecule has 11 heavy (non-hydrogen) atoms. The third kappa shape index (κ3) is 2.25. The molecule has 0 unspecified atom stereocenters. The number of hydrogen-bond donors (Lipinski definition) is 1. The van der Waals surface area contributed by atoms with Crippen LogP contribution in [-0.2, 0) is 0 Å². The number of nitrogens with two attached hydrogens (primary N) is 1. The largest absolute Gasteiger partial charge is 0.324 e. The zero-order valence-electron chi connectivity index (χ0n) is 6.01. The molecule has 0 saturated heterocycles. The molecule has 0 amide bonds. The lowest BCUT2D eigenvalue weighted by Crippen LogP contribution is -2.06. The van der Waals surface area contributed by atoms with Crippen LogP contribution in [0.25, 0.3) is 0 Å². The zero-order chi connectivity index (χ0) is 8.43. The highest BCUT2D eigenvalue weighted by atomic mass is 79.9. The first-order chi connectivity index (χ1) is 5.11. The van der Waals surface area contributed by atoms with Crippen molar-refractivity contribution in [3.63, 3.8) is 0 Å². The molecule has 60 valence electrons. The van der Waals surface area contributed by atoms with Crippen molar-refractivity contribution < 1.29 is 0 Å². The molecule has 1 atom stereocenters. The van der Waals surface area contributed by atoms with Crippen molar-refractivity contribution in [3.8, 4) is 0 Å². The highest BCUT2D eigenvalue weighted by molar-refractivity contribution is 9.11. The van der Waals surface area contributed by atoms with Gasteiger partial charge >= 0.3 is 0 Å². The molecule has 4 heteroatoms. The van der Waals surface area contributed by atoms with Crippen molar-refractivity contribution in [2.24, 2.45) is 5.73 Å². The molecule has 0 aliphatic carbocycles. The Morgan fingerprint density at radius 3 is 2.55 bits per heavy atom. The van der Waals surface area contributed by atoms with Crippen LogP contribution in [0.4, 0.5) is 0 Å². The lowest BCUT2D eigenvalue weighted by molar-refractivity contribution is 0.803. The third-order valence-corrected chi connectivity index (χ3v) is 2.41. The average molecular weight is 280 g/mol. The molecule has 2 N–H and O–H groups in total. The normalized spacial score (nSPS) is 13.1. The molecule has 0 aromatic carbocycles. The van der Waals surface area contributed by atoms with Gasteiger partial charge in [-0.2, -0.15) is 0 Å². The Bertz CT molecular complexity index is 261. The van der Waals surface area contributed by atoms with E-state index in [1.807, 2.05) is 19.1 Å². The van der Waals surface area contributed by atoms with E-state index in [2.05, 4.69) is 36.8 Å². The van der Waals surface area contributed by atoms with Crippen LogP contribution in [0.3, 0.4) is 0 Å². The summed E-state index contributed by atoms with van der Waals surface area (Å²) >= 11 is 6.59. The van der Waals surface area contributed by atoms with Crippen LogP contribution in [-0.4, -0.2) is 4.98 Å². The van der Waals surface area contributed by atoms with Crippen LogP contribution >= 0.6 is 31.9 Å². The number of rotatable bonds is 1. The summed E-state index contributed by atoms with van der Waals surface area (Å²) in [7, 11) is 0. The summed E-state index contributed by atoms with van der Waals surface area (Å²) < 4.78 is 1.62. The molecular formula is C7H8Br2N2. The van der Waals surface area contributed by atoms with Crippen molar-refractivity contribution in [1.29, 1.82) is 0 Å². The molecule has 0 saturated carbocycles. The quantitative estimate of drug-likeness (QED) is 0.803. The van der Waals surface area contributed by atoms with Crippen LogP contribution in [0.2, 0.25) is 0 Å². The Morgan fingerprint density at radius 2 is 2.09 bits per heavy atom. The Balaban J connectivity index is 3.09. The fourth-order valence-corrected chi connectivity index (χ4v) is 1.99. The molecule has 1 aromatic rings. The highest BCUT2D eigenvalue weighted by Gasteiger charge is 2.05. The van der Waals surface area contributed by atoms with E-state index in [1.54, 1.807) is 0 Å². The van der Waals surface area contributed by atoms with Crippen LogP contribution < -0.4 is 5.73 Å². The molecule has 0 spiro atoms. The van der Waals surface area contributed by atoms with Crippen LogP contribution in [0.1, 0.15) is 18.5 Å². The van der Waals surface area contributed by atoms with Gasteiger partial charge in [0, 0.05) is 11.6 Å². The first-order valence-corrected chi connectivity index (χ1v) is 4.77. The van der Waals surface area contributed by atoms with E-state index < -0.39 is 0 Å². The Morgan fingerprint density at radius 1 is 1.45 bits per heavy atom. The van der Waals surface area contributed by atoms with Gasteiger partial charge in [-0.25, -0.2) is 4.98 Å². The van der Waals surface area contributed by atoms with Crippen LogP contribution in [0.15, 0.2) is 21.3 Å². The maximum Gasteiger partial charge on any atom is 0.112 e. The fourth-order valence-electron chi connectivity index (χ4n) is 0.763. The molecule has 0 aliphatic rings. The molecule has 0 fully saturated rings. The summed E-state index contributed by atoms with van der Waals surface area (Å²) in [5.41, 5.74) is 6.70. The predicted molar refractivity (Wildman–Crippen MR) is 52.2 cm³/mol. The summed E-state index contributed by atoms with van der Waals surface area (Å²) in [6.45, 7) is 1.93. The summed E-state index contributed by atoms with van der Waals surface area (Å²) in [5, 5.41) is 0. The second-order valence-corrected chi connectivity index (χ2v) is 3.87. The molecular weight excluding hydrogens is 272 g/mol. The standard InChI is InChI=1S/C7H8Br2N2/c1-4(10)5-2-3-6(8)11-7(5)9/h2-4H,10H2,1H3/t4-/m1/s1. The van der Waals surface area contributed by atoms with E-state index in [1.165, 1.54) is 0 Å². The second kappa shape index (κ2) is 3.65. The van der Waals surface area contributed by atoms with Gasteiger partial charge < -0.3 is 5.73 Å². The van der Waals surface area contributed by atoms with Crippen molar-refractivity contribution in [3.05, 3.63) is 26.9 Å². The maximum atomic E-state index is 5.68. The first-order valence-electron chi connectivity index (χ1n) is 3.19. The van der Waals surface area contributed by atoms with Gasteiger partial charge in [-0.15, -0.1) is 0 Å². The molecule has 1 heterocycles. The summed E-state index contributed by atoms with van der Waals surface area (Å²) in [6, 6.07) is 3.85. The summed E-state index contributed by atoms with van der Waals surface area (Å²) in [4.78, 5) is 4.15. The monoisotopic (exact) mass is 278 g/mol. The first kappa shape index (κ1) is 9.16. The summed E-state index contributed by atoms with van der Waals surface area (Å²) in [6.07, 6.45) is 0. The summed E-state index contributed by atoms with van der Waals surface area (Å²) in [5.74, 6) is 0. The Kier molecular flexibility index (Phi) is 3.04.